The van der Waals surface area contributed by atoms with Crippen LogP contribution in [-0.4, -0.2) is 19.1 Å². The third kappa shape index (κ3) is 7.33. The lowest BCUT2D eigenvalue weighted by molar-refractivity contribution is -0.142. The number of carbonyl (C=O) groups excluding carboxylic acids is 1. The first-order valence-electron chi connectivity index (χ1n) is 4.17. The second kappa shape index (κ2) is 7.54. The van der Waals surface area contributed by atoms with Gasteiger partial charge >= 0.3 is 5.97 Å². The SMILES string of the molecule is CCCCCCOC(=O)CN. The number of rotatable bonds is 6. The van der Waals surface area contributed by atoms with Crippen LogP contribution < -0.4 is 5.73 Å². The molecule has 11 heavy (non-hydrogen) atoms. The highest BCUT2D eigenvalue weighted by Gasteiger charge is 1.96. The quantitative estimate of drug-likeness (QED) is 0.466. The van der Waals surface area contributed by atoms with Crippen LogP contribution in [0.4, 0.5) is 0 Å². The van der Waals surface area contributed by atoms with E-state index in [1.54, 1.807) is 0 Å². The fraction of sp³-hybridized carbons (Fsp3) is 0.875. The lowest BCUT2D eigenvalue weighted by atomic mass is 10.2. The van der Waals surface area contributed by atoms with Gasteiger partial charge in [0.1, 0.15) is 0 Å². The van der Waals surface area contributed by atoms with Gasteiger partial charge in [-0.25, -0.2) is 0 Å². The summed E-state index contributed by atoms with van der Waals surface area (Å²) in [6.07, 6.45) is 4.50. The number of hydrogen-bond donors (Lipinski definition) is 1. The third-order valence-electron chi connectivity index (χ3n) is 1.43. The van der Waals surface area contributed by atoms with Crippen molar-refractivity contribution in [1.29, 1.82) is 0 Å². The Morgan fingerprint density at radius 2 is 2.09 bits per heavy atom. The molecule has 0 aromatic heterocycles. The summed E-state index contributed by atoms with van der Waals surface area (Å²) in [6.45, 7) is 2.66. The fourth-order valence-electron chi connectivity index (χ4n) is 0.774. The maximum atomic E-state index is 10.5. The first-order valence-corrected chi connectivity index (χ1v) is 4.17. The molecule has 0 aliphatic heterocycles. The molecule has 0 aliphatic rings. The number of nitrogens with two attached hydrogens (primary N) is 1. The molecule has 3 heteroatoms. The van der Waals surface area contributed by atoms with Crippen molar-refractivity contribution in [3.8, 4) is 0 Å². The molecule has 0 atom stereocenters. The summed E-state index contributed by atoms with van der Waals surface area (Å²) >= 11 is 0. The summed E-state index contributed by atoms with van der Waals surface area (Å²) < 4.78 is 4.77. The van der Waals surface area contributed by atoms with E-state index in [9.17, 15) is 4.79 Å². The normalized spacial score (nSPS) is 9.64. The summed E-state index contributed by atoms with van der Waals surface area (Å²) in [6, 6.07) is 0. The van der Waals surface area contributed by atoms with Gasteiger partial charge in [-0.2, -0.15) is 0 Å². The van der Waals surface area contributed by atoms with Crippen LogP contribution in [0, 0.1) is 0 Å². The van der Waals surface area contributed by atoms with Gasteiger partial charge in [-0.1, -0.05) is 26.2 Å². The third-order valence-corrected chi connectivity index (χ3v) is 1.43. The maximum absolute atomic E-state index is 10.5. The van der Waals surface area contributed by atoms with Gasteiger partial charge in [-0.05, 0) is 6.42 Å². The summed E-state index contributed by atoms with van der Waals surface area (Å²) in [5.41, 5.74) is 5.04. The molecule has 0 fully saturated rings. The number of unbranched alkanes of at least 4 members (excludes halogenated alkanes) is 3. The Morgan fingerprint density at radius 1 is 1.36 bits per heavy atom. The van der Waals surface area contributed by atoms with Crippen molar-refractivity contribution in [2.75, 3.05) is 13.2 Å². The average Bonchev–Trinajstić information content (AvgIpc) is 2.04. The van der Waals surface area contributed by atoms with Gasteiger partial charge in [0, 0.05) is 0 Å². The van der Waals surface area contributed by atoms with Gasteiger partial charge in [0.05, 0.1) is 13.2 Å². The van der Waals surface area contributed by atoms with Gasteiger partial charge in [0.15, 0.2) is 0 Å². The van der Waals surface area contributed by atoms with E-state index in [2.05, 4.69) is 6.92 Å². The number of carbonyl (C=O) groups is 1. The molecular formula is C8H17NO2. The smallest absolute Gasteiger partial charge is 0.319 e. The molecule has 0 radical (unpaired) electrons. The van der Waals surface area contributed by atoms with Crippen LogP contribution >= 0.6 is 0 Å². The van der Waals surface area contributed by atoms with E-state index >= 15 is 0 Å². The van der Waals surface area contributed by atoms with Gasteiger partial charge in [0.25, 0.3) is 0 Å². The van der Waals surface area contributed by atoms with E-state index in [0.717, 1.165) is 12.8 Å². The highest BCUT2D eigenvalue weighted by molar-refractivity contribution is 5.71. The molecule has 0 unspecified atom stereocenters. The van der Waals surface area contributed by atoms with E-state index in [-0.39, 0.29) is 12.5 Å². The molecular weight excluding hydrogens is 142 g/mol. The largest absolute Gasteiger partial charge is 0.465 e. The van der Waals surface area contributed by atoms with Gasteiger partial charge in [0.2, 0.25) is 0 Å². The van der Waals surface area contributed by atoms with Crippen LogP contribution in [0.1, 0.15) is 32.6 Å². The van der Waals surface area contributed by atoms with E-state index in [0.29, 0.717) is 6.61 Å². The zero-order chi connectivity index (χ0) is 8.53. The molecule has 0 saturated heterocycles. The number of esters is 1. The second-order valence-corrected chi connectivity index (χ2v) is 2.49. The van der Waals surface area contributed by atoms with Crippen LogP contribution in [0.25, 0.3) is 0 Å². The molecule has 0 aromatic rings. The fourth-order valence-corrected chi connectivity index (χ4v) is 0.774. The first-order chi connectivity index (χ1) is 5.31. The van der Waals surface area contributed by atoms with Crippen molar-refractivity contribution in [1.82, 2.24) is 0 Å². The van der Waals surface area contributed by atoms with E-state index < -0.39 is 0 Å². The van der Waals surface area contributed by atoms with Crippen molar-refractivity contribution in [3.63, 3.8) is 0 Å². The molecule has 3 nitrogen and oxygen atoms in total. The minimum Gasteiger partial charge on any atom is -0.465 e. The topological polar surface area (TPSA) is 52.3 Å². The predicted molar refractivity (Wildman–Crippen MR) is 44.2 cm³/mol. The monoisotopic (exact) mass is 159 g/mol. The highest BCUT2D eigenvalue weighted by Crippen LogP contribution is 1.98. The van der Waals surface area contributed by atoms with Crippen LogP contribution in [0.5, 0.6) is 0 Å². The van der Waals surface area contributed by atoms with E-state index in [1.807, 2.05) is 0 Å². The maximum Gasteiger partial charge on any atom is 0.319 e. The Kier molecular flexibility index (Phi) is 7.15. The second-order valence-electron chi connectivity index (χ2n) is 2.49. The Morgan fingerprint density at radius 3 is 2.64 bits per heavy atom. The molecule has 0 amide bonds. The Bertz CT molecular complexity index is 104. The van der Waals surface area contributed by atoms with Gasteiger partial charge in [-0.15, -0.1) is 0 Å². The van der Waals surface area contributed by atoms with Crippen molar-refractivity contribution < 1.29 is 9.53 Å². The lowest BCUT2D eigenvalue weighted by Crippen LogP contribution is -2.17. The zero-order valence-electron chi connectivity index (χ0n) is 7.14. The van der Waals surface area contributed by atoms with Crippen LogP contribution in [-0.2, 0) is 9.53 Å². The summed E-state index contributed by atoms with van der Waals surface area (Å²) in [5.74, 6) is -0.304. The van der Waals surface area contributed by atoms with E-state index in [4.69, 9.17) is 10.5 Å². The minimum atomic E-state index is -0.304. The molecule has 2 N–H and O–H groups in total. The average molecular weight is 159 g/mol. The molecule has 0 aromatic carbocycles. The molecule has 66 valence electrons. The van der Waals surface area contributed by atoms with Crippen molar-refractivity contribution in [2.24, 2.45) is 5.73 Å². The Labute approximate surface area is 67.9 Å². The Balaban J connectivity index is 2.95. The van der Waals surface area contributed by atoms with Crippen molar-refractivity contribution in [3.05, 3.63) is 0 Å². The summed E-state index contributed by atoms with van der Waals surface area (Å²) in [7, 11) is 0. The summed E-state index contributed by atoms with van der Waals surface area (Å²) in [5, 5.41) is 0. The van der Waals surface area contributed by atoms with Crippen molar-refractivity contribution in [2.45, 2.75) is 32.6 Å². The number of ether oxygens (including phenoxy) is 1. The molecule has 0 saturated carbocycles. The zero-order valence-corrected chi connectivity index (χ0v) is 7.14. The lowest BCUT2D eigenvalue weighted by Gasteiger charge is -2.01. The first kappa shape index (κ1) is 10.4. The molecule has 0 spiro atoms. The van der Waals surface area contributed by atoms with Crippen molar-refractivity contribution >= 4 is 5.97 Å². The minimum absolute atomic E-state index is 0.00617. The highest BCUT2D eigenvalue weighted by atomic mass is 16.5. The van der Waals surface area contributed by atoms with Crippen LogP contribution in [0.2, 0.25) is 0 Å². The molecule has 0 aliphatic carbocycles. The van der Waals surface area contributed by atoms with Gasteiger partial charge in [-0.3, -0.25) is 4.79 Å². The van der Waals surface area contributed by atoms with Gasteiger partial charge < -0.3 is 10.5 Å². The number of hydrogen-bond acceptors (Lipinski definition) is 3. The standard InChI is InChI=1S/C8H17NO2/c1-2-3-4-5-6-11-8(10)7-9/h2-7,9H2,1H3. The Hall–Kier alpha value is -0.570. The molecule has 0 bridgehead atoms. The molecule has 0 rings (SSSR count). The predicted octanol–water partition coefficient (Wildman–Crippen LogP) is 1.07. The summed E-state index contributed by atoms with van der Waals surface area (Å²) in [4.78, 5) is 10.5. The van der Waals surface area contributed by atoms with E-state index in [1.165, 1.54) is 12.8 Å². The molecule has 0 heterocycles. The van der Waals surface area contributed by atoms with Crippen LogP contribution in [0.3, 0.4) is 0 Å². The van der Waals surface area contributed by atoms with Crippen LogP contribution in [0.15, 0.2) is 0 Å².